The van der Waals surface area contributed by atoms with Gasteiger partial charge in [-0.2, -0.15) is 0 Å². The van der Waals surface area contributed by atoms with Crippen molar-refractivity contribution in [2.24, 2.45) is 0 Å². The van der Waals surface area contributed by atoms with Crippen LogP contribution in [0, 0.1) is 0 Å². The third-order valence-corrected chi connectivity index (χ3v) is 13.3. The Morgan fingerprint density at radius 3 is 0.697 bits per heavy atom. The zero-order valence-electron chi connectivity index (χ0n) is 36.4. The molecule has 2 aliphatic carbocycles. The van der Waals surface area contributed by atoms with Gasteiger partial charge in [0.05, 0.1) is 0 Å². The standard InChI is InChI=1S/C66H44/c1-2-16-52-50(40-38-46-31-35-48(36-32-46)44-66-63-27-13-9-23-59(63)55-19-5-6-20-56(55)60-24-10-14-28-64(60)66)42-41-49(51(52)15-1)39-37-45-29-33-47(34-30-45)43-65-61-25-11-7-21-57(61)53-17-3-4-18-54(53)58-22-8-12-26-62(58)65/h1-44H. The van der Waals surface area contributed by atoms with Crippen molar-refractivity contribution in [1.29, 1.82) is 0 Å². The van der Waals surface area contributed by atoms with Crippen LogP contribution in [0.25, 0.3) is 103 Å². The number of benzene rings is 10. The first-order valence-electron chi connectivity index (χ1n) is 22.8. The lowest BCUT2D eigenvalue weighted by molar-refractivity contribution is 1.57. The second-order valence-corrected chi connectivity index (χ2v) is 17.2. The number of hydrogen-bond donors (Lipinski definition) is 0. The monoisotopic (exact) mass is 836 g/mol. The first-order chi connectivity index (χ1) is 32.7. The van der Waals surface area contributed by atoms with Gasteiger partial charge in [-0.15, -0.1) is 0 Å². The molecule has 0 radical (unpaired) electrons. The fourth-order valence-electron chi connectivity index (χ4n) is 10.1. The largest absolute Gasteiger partial charge is 0.0616 e. The van der Waals surface area contributed by atoms with Crippen LogP contribution in [-0.2, 0) is 0 Å². The van der Waals surface area contributed by atoms with E-state index in [2.05, 4.69) is 267 Å². The van der Waals surface area contributed by atoms with Crippen LogP contribution >= 0.6 is 0 Å². The van der Waals surface area contributed by atoms with Gasteiger partial charge in [0.15, 0.2) is 0 Å². The molecule has 0 aliphatic heterocycles. The Bertz CT molecular complexity index is 3230. The molecule has 0 nitrogen and oxygen atoms in total. The smallest absolute Gasteiger partial charge is 0.00930 e. The molecule has 0 amide bonds. The van der Waals surface area contributed by atoms with Crippen molar-refractivity contribution in [3.8, 4) is 44.5 Å². The van der Waals surface area contributed by atoms with Gasteiger partial charge in [-0.1, -0.05) is 255 Å². The summed E-state index contributed by atoms with van der Waals surface area (Å²) in [4.78, 5) is 0. The van der Waals surface area contributed by atoms with E-state index in [0.29, 0.717) is 0 Å². The third kappa shape index (κ3) is 7.16. The molecule has 0 heterocycles. The highest BCUT2D eigenvalue weighted by atomic mass is 14.3. The fourth-order valence-corrected chi connectivity index (χ4v) is 10.1. The van der Waals surface area contributed by atoms with Crippen molar-refractivity contribution in [2.45, 2.75) is 0 Å². The predicted octanol–water partition coefficient (Wildman–Crippen LogP) is 17.7. The van der Waals surface area contributed by atoms with Gasteiger partial charge in [0.1, 0.15) is 0 Å². The van der Waals surface area contributed by atoms with Gasteiger partial charge < -0.3 is 0 Å². The maximum absolute atomic E-state index is 2.35. The van der Waals surface area contributed by atoms with Gasteiger partial charge in [-0.05, 0) is 134 Å². The lowest BCUT2D eigenvalue weighted by Crippen LogP contribution is -1.90. The maximum Gasteiger partial charge on any atom is -0.00930 e. The second kappa shape index (κ2) is 16.8. The summed E-state index contributed by atoms with van der Waals surface area (Å²) in [6, 6.07) is 83.8. The van der Waals surface area contributed by atoms with E-state index in [0.717, 1.165) is 11.1 Å². The molecule has 0 fully saturated rings. The Morgan fingerprint density at radius 1 is 0.182 bits per heavy atom. The first-order valence-corrected chi connectivity index (χ1v) is 22.8. The average Bonchev–Trinajstić information content (AvgIpc) is 3.58. The van der Waals surface area contributed by atoms with Crippen molar-refractivity contribution in [2.75, 3.05) is 0 Å². The zero-order chi connectivity index (χ0) is 43.8. The summed E-state index contributed by atoms with van der Waals surface area (Å²) < 4.78 is 0. The lowest BCUT2D eigenvalue weighted by Gasteiger charge is -2.12. The topological polar surface area (TPSA) is 0 Å². The number of fused-ring (bicyclic) bond motifs is 11. The van der Waals surface area contributed by atoms with Gasteiger partial charge in [0, 0.05) is 0 Å². The molecular weight excluding hydrogens is 793 g/mol. The Kier molecular flexibility index (Phi) is 9.97. The van der Waals surface area contributed by atoms with E-state index in [4.69, 9.17) is 0 Å². The van der Waals surface area contributed by atoms with Gasteiger partial charge in [-0.25, -0.2) is 0 Å². The van der Waals surface area contributed by atoms with Crippen LogP contribution in [0.3, 0.4) is 0 Å². The molecule has 0 aromatic heterocycles. The Morgan fingerprint density at radius 2 is 0.409 bits per heavy atom. The lowest BCUT2D eigenvalue weighted by atomic mass is 9.91. The van der Waals surface area contributed by atoms with Crippen LogP contribution in [0.15, 0.2) is 231 Å². The van der Waals surface area contributed by atoms with Gasteiger partial charge >= 0.3 is 0 Å². The molecular formula is C66H44. The molecule has 0 atom stereocenters. The van der Waals surface area contributed by atoms with Crippen molar-refractivity contribution in [3.63, 3.8) is 0 Å². The summed E-state index contributed by atoms with van der Waals surface area (Å²) >= 11 is 0. The van der Waals surface area contributed by atoms with Crippen LogP contribution in [0.5, 0.6) is 0 Å². The van der Waals surface area contributed by atoms with Crippen LogP contribution < -0.4 is 0 Å². The Labute approximate surface area is 387 Å². The van der Waals surface area contributed by atoms with E-state index < -0.39 is 0 Å². The van der Waals surface area contributed by atoms with E-state index in [1.165, 1.54) is 111 Å². The summed E-state index contributed by atoms with van der Waals surface area (Å²) in [5.41, 5.74) is 24.7. The van der Waals surface area contributed by atoms with Gasteiger partial charge in [-0.3, -0.25) is 0 Å². The molecule has 0 saturated carbocycles. The highest BCUT2D eigenvalue weighted by Crippen LogP contribution is 2.47. The normalized spacial score (nSPS) is 12.4. The highest BCUT2D eigenvalue weighted by molar-refractivity contribution is 6.08. The minimum absolute atomic E-state index is 1.16. The van der Waals surface area contributed by atoms with Crippen molar-refractivity contribution < 1.29 is 0 Å². The minimum Gasteiger partial charge on any atom is -0.0616 e. The molecule has 12 rings (SSSR count). The molecule has 10 aromatic carbocycles. The maximum atomic E-state index is 2.35. The summed E-state index contributed by atoms with van der Waals surface area (Å²) in [6.07, 6.45) is 13.6. The average molecular weight is 837 g/mol. The molecule has 0 N–H and O–H groups in total. The van der Waals surface area contributed by atoms with Crippen molar-refractivity contribution in [3.05, 3.63) is 286 Å². The SMILES string of the molecule is C(=Cc1ccc(C=Cc2ccc(C=C3c4ccccc4-c4ccccc4-c4ccccc43)cc2)c2ccccc12)c1ccc(C=C2c3ccccc3-c3ccccc3-c3ccccc32)cc1. The molecule has 2 aliphatic rings. The van der Waals surface area contributed by atoms with Crippen LogP contribution in [0.4, 0.5) is 0 Å². The summed E-state index contributed by atoms with van der Waals surface area (Å²) in [5.74, 6) is 0. The molecule has 66 heavy (non-hydrogen) atoms. The van der Waals surface area contributed by atoms with Crippen LogP contribution in [-0.4, -0.2) is 0 Å². The Hall–Kier alpha value is -8.58. The molecule has 0 bridgehead atoms. The van der Waals surface area contributed by atoms with Crippen molar-refractivity contribution in [1.82, 2.24) is 0 Å². The van der Waals surface area contributed by atoms with Crippen LogP contribution in [0.2, 0.25) is 0 Å². The van der Waals surface area contributed by atoms with Gasteiger partial charge in [0.25, 0.3) is 0 Å². The second-order valence-electron chi connectivity index (χ2n) is 17.2. The predicted molar refractivity (Wildman–Crippen MR) is 283 cm³/mol. The molecule has 10 aromatic rings. The third-order valence-electron chi connectivity index (χ3n) is 13.3. The highest BCUT2D eigenvalue weighted by Gasteiger charge is 2.23. The van der Waals surface area contributed by atoms with E-state index in [-0.39, 0.29) is 0 Å². The fraction of sp³-hybridized carbons (Fsp3) is 0. The van der Waals surface area contributed by atoms with E-state index in [1.54, 1.807) is 0 Å². The van der Waals surface area contributed by atoms with E-state index in [1.807, 2.05) is 0 Å². The zero-order valence-corrected chi connectivity index (χ0v) is 36.4. The quantitative estimate of drug-likeness (QED) is 0.146. The van der Waals surface area contributed by atoms with E-state index >= 15 is 0 Å². The van der Waals surface area contributed by atoms with E-state index in [9.17, 15) is 0 Å². The summed E-state index contributed by atoms with van der Waals surface area (Å²) in [5, 5.41) is 2.47. The molecule has 0 unspecified atom stereocenters. The minimum atomic E-state index is 1.16. The molecule has 308 valence electrons. The molecule has 0 saturated heterocycles. The number of rotatable bonds is 6. The van der Waals surface area contributed by atoms with Gasteiger partial charge in [0.2, 0.25) is 0 Å². The van der Waals surface area contributed by atoms with Crippen molar-refractivity contribution >= 4 is 58.4 Å². The number of hydrogen-bond acceptors (Lipinski definition) is 0. The van der Waals surface area contributed by atoms with Crippen LogP contribution in [0.1, 0.15) is 55.6 Å². The summed E-state index contributed by atoms with van der Waals surface area (Å²) in [6.45, 7) is 0. The first kappa shape index (κ1) is 39.0. The summed E-state index contributed by atoms with van der Waals surface area (Å²) in [7, 11) is 0. The Balaban J connectivity index is 0.802. The molecule has 0 spiro atoms. The molecule has 0 heteroatoms.